The summed E-state index contributed by atoms with van der Waals surface area (Å²) in [7, 11) is 0. The van der Waals surface area contributed by atoms with Crippen LogP contribution in [-0.2, 0) is 0 Å². The minimum absolute atomic E-state index is 0.165. The number of phenols is 1. The average molecular weight is 308 g/mol. The third-order valence-electron chi connectivity index (χ3n) is 3.20. The maximum atomic E-state index is 10.9. The summed E-state index contributed by atoms with van der Waals surface area (Å²) < 4.78 is 5.28. The van der Waals surface area contributed by atoms with Crippen LogP contribution >= 0.6 is 11.6 Å². The third-order valence-corrected chi connectivity index (χ3v) is 3.42. The zero-order valence-corrected chi connectivity index (χ0v) is 11.4. The summed E-state index contributed by atoms with van der Waals surface area (Å²) in [5, 5.41) is 25.2. The van der Waals surface area contributed by atoms with E-state index in [-0.39, 0.29) is 16.6 Å². The molecule has 21 heavy (non-hydrogen) atoms. The van der Waals surface area contributed by atoms with Crippen LogP contribution in [-0.4, -0.2) is 15.7 Å². The lowest BCUT2D eigenvalue weighted by Crippen LogP contribution is -2.08. The van der Waals surface area contributed by atoms with Gasteiger partial charge < -0.3 is 9.52 Å². The fourth-order valence-electron chi connectivity index (χ4n) is 2.21. The molecule has 1 unspecified atom stereocenters. The molecule has 0 radical (unpaired) electrons. The summed E-state index contributed by atoms with van der Waals surface area (Å²) in [6, 6.07) is 5.95. The highest BCUT2D eigenvalue weighted by molar-refractivity contribution is 6.31. The number of nitro benzene ring substituents is 1. The van der Waals surface area contributed by atoms with Crippen LogP contribution in [0, 0.1) is 10.1 Å². The molecule has 0 amide bonds. The summed E-state index contributed by atoms with van der Waals surface area (Å²) in [5.74, 6) is 0.259. The largest absolute Gasteiger partial charge is 0.502 e. The van der Waals surface area contributed by atoms with Crippen LogP contribution in [0.15, 0.2) is 40.0 Å². The lowest BCUT2D eigenvalue weighted by Gasteiger charge is -2.07. The number of benzene rings is 1. The van der Waals surface area contributed by atoms with Gasteiger partial charge in [0.2, 0.25) is 5.75 Å². The van der Waals surface area contributed by atoms with E-state index in [4.69, 9.17) is 16.0 Å². The number of hydrogen-bond acceptors (Lipinski definition) is 6. The summed E-state index contributed by atoms with van der Waals surface area (Å²) in [6.45, 7) is 0. The minimum Gasteiger partial charge on any atom is -0.502 e. The van der Waals surface area contributed by atoms with Crippen molar-refractivity contribution in [2.24, 2.45) is 5.10 Å². The minimum atomic E-state index is -0.683. The first-order chi connectivity index (χ1) is 10.1. The number of nitrogens with one attached hydrogen (secondary N) is 1. The lowest BCUT2D eigenvalue weighted by molar-refractivity contribution is -0.385. The first-order valence-corrected chi connectivity index (χ1v) is 6.47. The van der Waals surface area contributed by atoms with Crippen molar-refractivity contribution in [3.8, 4) is 5.75 Å². The molecule has 3 rings (SSSR count). The number of phenolic OH excluding ortho intramolecular Hbond substituents is 1. The molecule has 0 fully saturated rings. The zero-order valence-electron chi connectivity index (χ0n) is 10.6. The second kappa shape index (κ2) is 5.10. The van der Waals surface area contributed by atoms with E-state index in [1.807, 2.05) is 0 Å². The maximum absolute atomic E-state index is 10.9. The van der Waals surface area contributed by atoms with Gasteiger partial charge in [0.1, 0.15) is 11.8 Å². The molecule has 1 aliphatic heterocycles. The van der Waals surface area contributed by atoms with Crippen LogP contribution in [0.2, 0.25) is 5.02 Å². The molecule has 0 aliphatic carbocycles. The van der Waals surface area contributed by atoms with Gasteiger partial charge in [0.15, 0.2) is 0 Å². The molecule has 0 bridgehead atoms. The van der Waals surface area contributed by atoms with Crippen LogP contribution in [0.5, 0.6) is 5.75 Å². The van der Waals surface area contributed by atoms with Crippen LogP contribution in [0.4, 0.5) is 5.69 Å². The van der Waals surface area contributed by atoms with Gasteiger partial charge in [-0.2, -0.15) is 5.10 Å². The quantitative estimate of drug-likeness (QED) is 0.670. The van der Waals surface area contributed by atoms with E-state index in [0.717, 1.165) is 6.07 Å². The predicted molar refractivity (Wildman–Crippen MR) is 75.5 cm³/mol. The van der Waals surface area contributed by atoms with Gasteiger partial charge in [0, 0.05) is 23.1 Å². The predicted octanol–water partition coefficient (Wildman–Crippen LogP) is 2.99. The number of furan rings is 1. The summed E-state index contributed by atoms with van der Waals surface area (Å²) in [5.41, 5.74) is 3.16. The Morgan fingerprint density at radius 1 is 1.52 bits per heavy atom. The van der Waals surface area contributed by atoms with Crippen LogP contribution < -0.4 is 5.43 Å². The van der Waals surface area contributed by atoms with Gasteiger partial charge in [0.25, 0.3) is 0 Å². The van der Waals surface area contributed by atoms with Gasteiger partial charge in [-0.05, 0) is 18.2 Å². The maximum Gasteiger partial charge on any atom is 0.312 e. The van der Waals surface area contributed by atoms with Crippen molar-refractivity contribution < 1.29 is 14.4 Å². The third kappa shape index (κ3) is 2.43. The van der Waals surface area contributed by atoms with Gasteiger partial charge >= 0.3 is 5.69 Å². The first kappa shape index (κ1) is 13.4. The number of nitro groups is 1. The highest BCUT2D eigenvalue weighted by Gasteiger charge is 2.28. The van der Waals surface area contributed by atoms with Gasteiger partial charge in [-0.25, -0.2) is 0 Å². The molecule has 1 atom stereocenters. The smallest absolute Gasteiger partial charge is 0.312 e. The Balaban J connectivity index is 1.93. The highest BCUT2D eigenvalue weighted by Crippen LogP contribution is 2.36. The molecule has 2 heterocycles. The molecule has 0 spiro atoms. The van der Waals surface area contributed by atoms with Crippen LogP contribution in [0.25, 0.3) is 0 Å². The van der Waals surface area contributed by atoms with Crippen molar-refractivity contribution in [1.29, 1.82) is 0 Å². The highest BCUT2D eigenvalue weighted by atomic mass is 35.5. The van der Waals surface area contributed by atoms with Crippen molar-refractivity contribution >= 4 is 23.0 Å². The monoisotopic (exact) mass is 307 g/mol. The van der Waals surface area contributed by atoms with E-state index in [1.54, 1.807) is 18.4 Å². The van der Waals surface area contributed by atoms with Crippen molar-refractivity contribution in [2.45, 2.75) is 12.5 Å². The van der Waals surface area contributed by atoms with E-state index in [1.165, 1.54) is 6.07 Å². The number of hydrogen-bond donors (Lipinski definition) is 2. The Hall–Kier alpha value is -2.54. The Kier molecular flexibility index (Phi) is 3.26. The Morgan fingerprint density at radius 2 is 2.33 bits per heavy atom. The molecule has 1 aromatic heterocycles. The van der Waals surface area contributed by atoms with E-state index in [0.29, 0.717) is 17.9 Å². The lowest BCUT2D eigenvalue weighted by atomic mass is 10.0. The van der Waals surface area contributed by atoms with Gasteiger partial charge in [-0.3, -0.25) is 15.5 Å². The van der Waals surface area contributed by atoms with E-state index < -0.39 is 16.4 Å². The van der Waals surface area contributed by atoms with Crippen LogP contribution in [0.3, 0.4) is 0 Å². The normalized spacial score (nSPS) is 17.4. The number of rotatable bonds is 3. The van der Waals surface area contributed by atoms with Crippen molar-refractivity contribution in [2.75, 3.05) is 0 Å². The number of halogens is 1. The van der Waals surface area contributed by atoms with Gasteiger partial charge in [-0.15, -0.1) is 0 Å². The fraction of sp³-hybridized carbons (Fsp3) is 0.154. The molecule has 108 valence electrons. The van der Waals surface area contributed by atoms with E-state index in [9.17, 15) is 15.2 Å². The Labute approximate surface area is 124 Å². The van der Waals surface area contributed by atoms with Crippen molar-refractivity contribution in [3.05, 3.63) is 57.0 Å². The molecule has 0 saturated heterocycles. The van der Waals surface area contributed by atoms with Crippen molar-refractivity contribution in [1.82, 2.24) is 5.43 Å². The molecule has 0 saturated carbocycles. The Morgan fingerprint density at radius 3 is 3.00 bits per heavy atom. The molecule has 2 N–H and O–H groups in total. The molecule has 2 aromatic rings. The van der Waals surface area contributed by atoms with Gasteiger partial charge in [-0.1, -0.05) is 11.6 Å². The topological polar surface area (TPSA) is 101 Å². The van der Waals surface area contributed by atoms with Crippen LogP contribution in [0.1, 0.15) is 23.8 Å². The van der Waals surface area contributed by atoms with Crippen molar-refractivity contribution in [3.63, 3.8) is 0 Å². The second-order valence-corrected chi connectivity index (χ2v) is 4.97. The average Bonchev–Trinajstić information content (AvgIpc) is 3.09. The summed E-state index contributed by atoms with van der Waals surface area (Å²) in [6.07, 6.45) is 1.98. The molecular weight excluding hydrogens is 298 g/mol. The van der Waals surface area contributed by atoms with E-state index in [2.05, 4.69) is 10.5 Å². The fourth-order valence-corrected chi connectivity index (χ4v) is 2.42. The first-order valence-electron chi connectivity index (χ1n) is 6.09. The summed E-state index contributed by atoms with van der Waals surface area (Å²) in [4.78, 5) is 10.2. The Bertz CT molecular complexity index is 727. The number of aromatic hydroxyl groups is 1. The molecular formula is C13H10ClN3O4. The zero-order chi connectivity index (χ0) is 15.0. The SMILES string of the molecule is O=[N+]([O-])c1cc(Cl)cc(C2=NNC(c3ccco3)C2)c1O. The second-order valence-electron chi connectivity index (χ2n) is 4.54. The van der Waals surface area contributed by atoms with E-state index >= 15 is 0 Å². The summed E-state index contributed by atoms with van der Waals surface area (Å²) >= 11 is 5.87. The standard InChI is InChI=1S/C13H10ClN3O4/c14-7-4-8(13(18)11(5-7)17(19)20)9-6-10(16-15-9)12-2-1-3-21-12/h1-5,10,16,18H,6H2. The molecule has 1 aliphatic rings. The molecule has 7 nitrogen and oxygen atoms in total. The number of nitrogens with zero attached hydrogens (tertiary/aromatic N) is 2. The van der Waals surface area contributed by atoms with Gasteiger partial charge in [0.05, 0.1) is 16.9 Å². The number of hydrazone groups is 1. The molecule has 8 heteroatoms. The molecule has 1 aromatic carbocycles.